The van der Waals surface area contributed by atoms with Gasteiger partial charge in [0.2, 0.25) is 0 Å². The Labute approximate surface area is 117 Å². The first-order valence-corrected chi connectivity index (χ1v) is 6.60. The number of halogens is 1. The molecule has 1 heterocycles. The number of nitrogen functional groups attached to an aromatic ring is 1. The van der Waals surface area contributed by atoms with E-state index in [-0.39, 0.29) is 5.82 Å². The summed E-state index contributed by atoms with van der Waals surface area (Å²) in [5, 5.41) is 4.39. The van der Waals surface area contributed by atoms with Gasteiger partial charge in [-0.3, -0.25) is 4.79 Å². The molecule has 4 nitrogen and oxygen atoms in total. The van der Waals surface area contributed by atoms with Gasteiger partial charge >= 0.3 is 0 Å². The van der Waals surface area contributed by atoms with Crippen LogP contribution in [0.3, 0.4) is 0 Å². The summed E-state index contributed by atoms with van der Waals surface area (Å²) in [7, 11) is 0. The number of benzene rings is 1. The molecular formula is C15H18FN3O. The number of rotatable bonds is 5. The Bertz CT molecular complexity index is 602. The van der Waals surface area contributed by atoms with Crippen LogP contribution in [0, 0.1) is 11.7 Å². The molecule has 0 radical (unpaired) electrons. The number of aryl methyl sites for hydroxylation is 1. The maximum absolute atomic E-state index is 13.0. The molecule has 0 aliphatic rings. The Kier molecular flexibility index (Phi) is 4.17. The molecule has 0 aliphatic heterocycles. The van der Waals surface area contributed by atoms with Crippen LogP contribution >= 0.6 is 0 Å². The predicted octanol–water partition coefficient (Wildman–Crippen LogP) is 3.13. The van der Waals surface area contributed by atoms with Gasteiger partial charge in [0.15, 0.2) is 6.29 Å². The van der Waals surface area contributed by atoms with Crippen LogP contribution in [-0.2, 0) is 6.54 Å². The number of hydrogen-bond donors (Lipinski definition) is 1. The minimum absolute atomic E-state index is 0.325. The molecule has 0 amide bonds. The van der Waals surface area contributed by atoms with Crippen molar-refractivity contribution < 1.29 is 9.18 Å². The third-order valence-corrected chi connectivity index (χ3v) is 3.18. The van der Waals surface area contributed by atoms with Crippen LogP contribution in [0.15, 0.2) is 24.3 Å². The van der Waals surface area contributed by atoms with Crippen LogP contribution < -0.4 is 5.73 Å². The van der Waals surface area contributed by atoms with Crippen molar-refractivity contribution >= 4 is 12.1 Å². The van der Waals surface area contributed by atoms with Crippen molar-refractivity contribution in [3.63, 3.8) is 0 Å². The molecule has 2 rings (SSSR count). The van der Waals surface area contributed by atoms with Gasteiger partial charge in [-0.25, -0.2) is 9.07 Å². The van der Waals surface area contributed by atoms with Crippen LogP contribution in [0.4, 0.5) is 10.2 Å². The average molecular weight is 275 g/mol. The van der Waals surface area contributed by atoms with Crippen LogP contribution in [-0.4, -0.2) is 16.1 Å². The first-order chi connectivity index (χ1) is 9.52. The fraction of sp³-hybridized carbons (Fsp3) is 0.333. The van der Waals surface area contributed by atoms with Gasteiger partial charge in [0, 0.05) is 12.1 Å². The first kappa shape index (κ1) is 14.2. The van der Waals surface area contributed by atoms with Crippen molar-refractivity contribution in [1.82, 2.24) is 9.78 Å². The summed E-state index contributed by atoms with van der Waals surface area (Å²) in [6.45, 7) is 4.88. The van der Waals surface area contributed by atoms with Gasteiger partial charge in [-0.2, -0.15) is 5.10 Å². The molecule has 106 valence electrons. The summed E-state index contributed by atoms with van der Waals surface area (Å²) in [6, 6.07) is 5.87. The third-order valence-electron chi connectivity index (χ3n) is 3.18. The highest BCUT2D eigenvalue weighted by atomic mass is 19.1. The molecule has 1 aromatic carbocycles. The zero-order chi connectivity index (χ0) is 14.7. The second kappa shape index (κ2) is 5.86. The van der Waals surface area contributed by atoms with E-state index in [9.17, 15) is 9.18 Å². The van der Waals surface area contributed by atoms with Crippen molar-refractivity contribution in [2.24, 2.45) is 5.92 Å². The highest BCUT2D eigenvalue weighted by molar-refractivity contribution is 5.91. The normalized spacial score (nSPS) is 11.0. The van der Waals surface area contributed by atoms with E-state index in [0.29, 0.717) is 41.4 Å². The highest BCUT2D eigenvalue weighted by Gasteiger charge is 2.16. The molecule has 20 heavy (non-hydrogen) atoms. The van der Waals surface area contributed by atoms with Crippen molar-refractivity contribution in [3.8, 4) is 11.3 Å². The van der Waals surface area contributed by atoms with E-state index in [1.54, 1.807) is 16.8 Å². The van der Waals surface area contributed by atoms with Gasteiger partial charge in [-0.15, -0.1) is 0 Å². The molecule has 0 aliphatic carbocycles. The Morgan fingerprint density at radius 2 is 2.00 bits per heavy atom. The summed E-state index contributed by atoms with van der Waals surface area (Å²) < 4.78 is 14.6. The van der Waals surface area contributed by atoms with Crippen LogP contribution in [0.1, 0.15) is 30.6 Å². The van der Waals surface area contributed by atoms with Crippen LogP contribution in [0.2, 0.25) is 0 Å². The number of carbonyl (C=O) groups excluding carboxylic acids is 1. The monoisotopic (exact) mass is 275 g/mol. The number of aldehydes is 1. The minimum atomic E-state index is -0.325. The van der Waals surface area contributed by atoms with E-state index < -0.39 is 0 Å². The average Bonchev–Trinajstić information content (AvgIpc) is 2.73. The van der Waals surface area contributed by atoms with E-state index in [4.69, 9.17) is 5.73 Å². The highest BCUT2D eigenvalue weighted by Crippen LogP contribution is 2.26. The summed E-state index contributed by atoms with van der Waals surface area (Å²) in [6.07, 6.45) is 1.62. The zero-order valence-electron chi connectivity index (χ0n) is 11.6. The molecule has 2 N–H and O–H groups in total. The molecule has 1 aromatic heterocycles. The molecular weight excluding hydrogens is 257 g/mol. The number of anilines is 1. The SMILES string of the molecule is CC(C)CCn1nc(-c2ccc(F)cc2)c(C=O)c1N. The molecule has 0 fully saturated rings. The first-order valence-electron chi connectivity index (χ1n) is 6.60. The zero-order valence-corrected chi connectivity index (χ0v) is 11.6. The van der Waals surface area contributed by atoms with E-state index in [0.717, 1.165) is 6.42 Å². The van der Waals surface area contributed by atoms with Crippen molar-refractivity contribution in [1.29, 1.82) is 0 Å². The lowest BCUT2D eigenvalue weighted by molar-refractivity contribution is 0.112. The molecule has 2 aromatic rings. The van der Waals surface area contributed by atoms with Gasteiger partial charge in [-0.1, -0.05) is 13.8 Å². The smallest absolute Gasteiger partial charge is 0.156 e. The molecule has 0 spiro atoms. The van der Waals surface area contributed by atoms with Crippen molar-refractivity contribution in [3.05, 3.63) is 35.6 Å². The second-order valence-electron chi connectivity index (χ2n) is 5.18. The lowest BCUT2D eigenvalue weighted by atomic mass is 10.1. The summed E-state index contributed by atoms with van der Waals surface area (Å²) in [5.41, 5.74) is 7.51. The predicted molar refractivity (Wildman–Crippen MR) is 76.9 cm³/mol. The maximum Gasteiger partial charge on any atom is 0.156 e. The van der Waals surface area contributed by atoms with Gasteiger partial charge in [-0.05, 0) is 36.6 Å². The van der Waals surface area contributed by atoms with Crippen LogP contribution in [0.5, 0.6) is 0 Å². The van der Waals surface area contributed by atoms with E-state index in [1.165, 1.54) is 12.1 Å². The maximum atomic E-state index is 13.0. The van der Waals surface area contributed by atoms with Gasteiger partial charge in [0.1, 0.15) is 17.3 Å². The Hall–Kier alpha value is -2.17. The summed E-state index contributed by atoms with van der Waals surface area (Å²) in [5.74, 6) is 0.557. The molecule has 0 saturated heterocycles. The standard InChI is InChI=1S/C15H18FN3O/c1-10(2)7-8-19-15(17)13(9-20)14(18-19)11-3-5-12(16)6-4-11/h3-6,9-10H,7-8,17H2,1-2H3. The summed E-state index contributed by atoms with van der Waals surface area (Å²) >= 11 is 0. The molecule has 0 atom stereocenters. The van der Waals surface area contributed by atoms with Gasteiger partial charge < -0.3 is 5.73 Å². The number of aromatic nitrogens is 2. The topological polar surface area (TPSA) is 60.9 Å². The second-order valence-corrected chi connectivity index (χ2v) is 5.18. The number of hydrogen-bond acceptors (Lipinski definition) is 3. The Balaban J connectivity index is 2.40. The number of nitrogens with two attached hydrogens (primary N) is 1. The Morgan fingerprint density at radius 3 is 2.55 bits per heavy atom. The molecule has 0 saturated carbocycles. The Morgan fingerprint density at radius 1 is 1.35 bits per heavy atom. The molecule has 0 unspecified atom stereocenters. The molecule has 5 heteroatoms. The van der Waals surface area contributed by atoms with E-state index >= 15 is 0 Å². The van der Waals surface area contributed by atoms with E-state index in [2.05, 4.69) is 18.9 Å². The van der Waals surface area contributed by atoms with Gasteiger partial charge in [0.25, 0.3) is 0 Å². The van der Waals surface area contributed by atoms with Crippen molar-refractivity contribution in [2.75, 3.05) is 5.73 Å². The van der Waals surface area contributed by atoms with Crippen LogP contribution in [0.25, 0.3) is 11.3 Å². The number of carbonyl (C=O) groups is 1. The quantitative estimate of drug-likeness (QED) is 0.853. The molecule has 0 bridgehead atoms. The fourth-order valence-corrected chi connectivity index (χ4v) is 1.98. The largest absolute Gasteiger partial charge is 0.383 e. The van der Waals surface area contributed by atoms with E-state index in [1.807, 2.05) is 0 Å². The van der Waals surface area contributed by atoms with Crippen molar-refractivity contribution in [2.45, 2.75) is 26.8 Å². The van der Waals surface area contributed by atoms with Gasteiger partial charge in [0.05, 0.1) is 5.56 Å². The summed E-state index contributed by atoms with van der Waals surface area (Å²) in [4.78, 5) is 11.2. The number of nitrogens with zero attached hydrogens (tertiary/aromatic N) is 2. The fourth-order valence-electron chi connectivity index (χ4n) is 1.98. The lowest BCUT2D eigenvalue weighted by Gasteiger charge is -2.06. The minimum Gasteiger partial charge on any atom is -0.383 e. The third kappa shape index (κ3) is 2.87. The lowest BCUT2D eigenvalue weighted by Crippen LogP contribution is -2.07.